The predicted molar refractivity (Wildman–Crippen MR) is 123 cm³/mol. The van der Waals surface area contributed by atoms with E-state index in [2.05, 4.69) is 46.4 Å². The normalized spacial score (nSPS) is 22.3. The Labute approximate surface area is 176 Å². The smallest absolute Gasteiger partial charge is 0.141 e. The molecule has 1 aromatic heterocycles. The topological polar surface area (TPSA) is 54.2 Å². The molecule has 4 nitrogen and oxygen atoms in total. The van der Waals surface area contributed by atoms with Crippen LogP contribution < -0.4 is 21.5 Å². The molecule has 0 amide bonds. The largest absolute Gasteiger partial charge is 0.398 e. The first-order chi connectivity index (χ1) is 14.0. The van der Waals surface area contributed by atoms with Crippen LogP contribution in [0.25, 0.3) is 5.70 Å². The number of nitrogens with zero attached hydrogens (tertiary/aromatic N) is 2. The van der Waals surface area contributed by atoms with Crippen LogP contribution in [0.1, 0.15) is 43.0 Å². The highest BCUT2D eigenvalue weighted by molar-refractivity contribution is 6.30. The quantitative estimate of drug-likeness (QED) is 0.776. The lowest BCUT2D eigenvalue weighted by atomic mass is 9.86. The number of hydrogen-bond donors (Lipinski definition) is 2. The molecule has 1 unspecified atom stereocenters. The van der Waals surface area contributed by atoms with E-state index in [0.717, 1.165) is 29.8 Å². The number of aromatic nitrogens is 1. The number of hydrogen-bond acceptors (Lipinski definition) is 4. The Balaban J connectivity index is 1.37. The Morgan fingerprint density at radius 2 is 2.00 bits per heavy atom. The molecule has 1 atom stereocenters. The zero-order chi connectivity index (χ0) is 20.4. The molecule has 2 aliphatic rings. The van der Waals surface area contributed by atoms with Crippen LogP contribution in [0.15, 0.2) is 42.0 Å². The Morgan fingerprint density at radius 3 is 2.69 bits per heavy atom. The molecule has 2 radical (unpaired) electrons. The van der Waals surface area contributed by atoms with Gasteiger partial charge in [-0.25, -0.2) is 0 Å². The number of nitrogens with one attached hydrogen (secondary N) is 1. The Hall–Kier alpha value is -2.27. The van der Waals surface area contributed by atoms with Crippen molar-refractivity contribution in [3.05, 3.63) is 58.8 Å². The molecule has 150 valence electrons. The summed E-state index contributed by atoms with van der Waals surface area (Å²) in [7, 11) is 5.76. The summed E-state index contributed by atoms with van der Waals surface area (Å²) in [6.45, 7) is 8.78. The molecule has 4 rings (SSSR count). The van der Waals surface area contributed by atoms with Gasteiger partial charge in [0.15, 0.2) is 0 Å². The van der Waals surface area contributed by atoms with Gasteiger partial charge in [0.05, 0.1) is 0 Å². The first-order valence-electron chi connectivity index (χ1n) is 10.7. The molecule has 1 spiro atoms. The van der Waals surface area contributed by atoms with E-state index in [1.165, 1.54) is 55.8 Å². The van der Waals surface area contributed by atoms with Gasteiger partial charge < -0.3 is 16.0 Å². The average Bonchev–Trinajstić information content (AvgIpc) is 3.36. The first kappa shape index (κ1) is 20.0. The van der Waals surface area contributed by atoms with Crippen molar-refractivity contribution < 1.29 is 0 Å². The lowest BCUT2D eigenvalue weighted by Crippen LogP contribution is -2.29. The summed E-state index contributed by atoms with van der Waals surface area (Å²) in [6.07, 6.45) is 4.55. The lowest BCUT2D eigenvalue weighted by Gasteiger charge is -2.24. The van der Waals surface area contributed by atoms with Gasteiger partial charge in [-0.1, -0.05) is 24.3 Å². The van der Waals surface area contributed by atoms with E-state index in [4.69, 9.17) is 13.6 Å². The van der Waals surface area contributed by atoms with E-state index >= 15 is 0 Å². The SMILES string of the molecule is [B]c1ccc(/C(N)=C(\C)CCc2ccc(N3CCC4(CCNC4)C3)cc2)c(C)n1. The van der Waals surface area contributed by atoms with Crippen molar-refractivity contribution in [2.24, 2.45) is 11.1 Å². The molecule has 5 heteroatoms. The minimum absolute atomic E-state index is 0.507. The number of anilines is 1. The Morgan fingerprint density at radius 1 is 1.21 bits per heavy atom. The van der Waals surface area contributed by atoms with Crippen LogP contribution in [0.3, 0.4) is 0 Å². The highest BCUT2D eigenvalue weighted by Crippen LogP contribution is 2.38. The van der Waals surface area contributed by atoms with Crippen molar-refractivity contribution in [2.75, 3.05) is 31.1 Å². The fourth-order valence-electron chi connectivity index (χ4n) is 4.73. The minimum atomic E-state index is 0.507. The maximum Gasteiger partial charge on any atom is 0.141 e. The molecular formula is C24H31BN4. The van der Waals surface area contributed by atoms with Gasteiger partial charge in [-0.05, 0) is 74.9 Å². The Bertz CT molecular complexity index is 898. The summed E-state index contributed by atoms with van der Waals surface area (Å²) in [5.74, 6) is 0. The fourth-order valence-corrected chi connectivity index (χ4v) is 4.73. The van der Waals surface area contributed by atoms with Gasteiger partial charge in [0.1, 0.15) is 7.85 Å². The molecule has 3 N–H and O–H groups in total. The lowest BCUT2D eigenvalue weighted by molar-refractivity contribution is 0.369. The molecule has 1 aromatic carbocycles. The maximum absolute atomic E-state index is 6.40. The van der Waals surface area contributed by atoms with E-state index in [9.17, 15) is 0 Å². The average molecular weight is 386 g/mol. The summed E-state index contributed by atoms with van der Waals surface area (Å²) in [5.41, 5.74) is 14.0. The summed E-state index contributed by atoms with van der Waals surface area (Å²) in [5, 5.41) is 3.54. The maximum atomic E-state index is 6.40. The number of aryl methyl sites for hydroxylation is 2. The van der Waals surface area contributed by atoms with Crippen LogP contribution in [0.4, 0.5) is 5.69 Å². The molecule has 0 aliphatic carbocycles. The van der Waals surface area contributed by atoms with Crippen LogP contribution in [-0.4, -0.2) is 39.0 Å². The van der Waals surface area contributed by atoms with Crippen molar-refractivity contribution in [3.63, 3.8) is 0 Å². The monoisotopic (exact) mass is 386 g/mol. The van der Waals surface area contributed by atoms with Crippen molar-refractivity contribution in [1.82, 2.24) is 10.3 Å². The van der Waals surface area contributed by atoms with Crippen LogP contribution in [0.2, 0.25) is 0 Å². The van der Waals surface area contributed by atoms with Crippen LogP contribution >= 0.6 is 0 Å². The molecule has 0 bridgehead atoms. The van der Waals surface area contributed by atoms with Gasteiger partial charge in [0.2, 0.25) is 0 Å². The van der Waals surface area contributed by atoms with Crippen molar-refractivity contribution in [3.8, 4) is 0 Å². The van der Waals surface area contributed by atoms with Gasteiger partial charge in [0.25, 0.3) is 0 Å². The summed E-state index contributed by atoms with van der Waals surface area (Å²) in [6, 6.07) is 12.9. The number of pyridine rings is 1. The molecule has 2 saturated heterocycles. The van der Waals surface area contributed by atoms with E-state index in [1.54, 1.807) is 0 Å². The second-order valence-corrected chi connectivity index (χ2v) is 8.83. The third-order valence-electron chi connectivity index (χ3n) is 6.72. The molecule has 29 heavy (non-hydrogen) atoms. The van der Waals surface area contributed by atoms with Gasteiger partial charge in [-0.3, -0.25) is 4.98 Å². The molecule has 2 aliphatic heterocycles. The van der Waals surface area contributed by atoms with Crippen molar-refractivity contribution >= 4 is 24.8 Å². The van der Waals surface area contributed by atoms with Crippen LogP contribution in [-0.2, 0) is 6.42 Å². The second-order valence-electron chi connectivity index (χ2n) is 8.83. The van der Waals surface area contributed by atoms with Crippen molar-refractivity contribution in [1.29, 1.82) is 0 Å². The second kappa shape index (κ2) is 8.23. The van der Waals surface area contributed by atoms with Crippen LogP contribution in [0.5, 0.6) is 0 Å². The molecule has 0 saturated carbocycles. The van der Waals surface area contributed by atoms with Gasteiger partial charge in [0, 0.05) is 47.7 Å². The minimum Gasteiger partial charge on any atom is -0.398 e. The number of allylic oxidation sites excluding steroid dienone is 1. The van der Waals surface area contributed by atoms with Crippen molar-refractivity contribution in [2.45, 2.75) is 39.5 Å². The summed E-state index contributed by atoms with van der Waals surface area (Å²) < 4.78 is 0. The van der Waals surface area contributed by atoms with E-state index in [-0.39, 0.29) is 0 Å². The third kappa shape index (κ3) is 4.35. The standard InChI is InChI=1S/C24H31BN4/c1-17(23(26)21-9-10-22(25)28-18(21)2)3-4-19-5-7-20(8-6-19)29-14-12-24(16-29)11-13-27-15-24/h5-10,27H,3-4,11-16,26H2,1-2H3/b23-17-. The zero-order valence-electron chi connectivity index (χ0n) is 17.7. The van der Waals surface area contributed by atoms with Gasteiger partial charge >= 0.3 is 0 Å². The van der Waals surface area contributed by atoms with E-state index < -0.39 is 0 Å². The van der Waals surface area contributed by atoms with E-state index in [1.807, 2.05) is 19.1 Å². The molecule has 2 fully saturated rings. The highest BCUT2D eigenvalue weighted by atomic mass is 15.2. The van der Waals surface area contributed by atoms with E-state index in [0.29, 0.717) is 11.0 Å². The summed E-state index contributed by atoms with van der Waals surface area (Å²) in [4.78, 5) is 6.88. The molecule has 2 aromatic rings. The summed E-state index contributed by atoms with van der Waals surface area (Å²) >= 11 is 0. The number of rotatable bonds is 5. The molecular weight excluding hydrogens is 355 g/mol. The van der Waals surface area contributed by atoms with Gasteiger partial charge in [-0.2, -0.15) is 0 Å². The van der Waals surface area contributed by atoms with Crippen LogP contribution in [0, 0.1) is 12.3 Å². The first-order valence-corrected chi connectivity index (χ1v) is 10.7. The molecule has 3 heterocycles. The third-order valence-corrected chi connectivity index (χ3v) is 6.72. The van der Waals surface area contributed by atoms with Gasteiger partial charge in [-0.15, -0.1) is 0 Å². The Kier molecular flexibility index (Phi) is 5.68. The zero-order valence-corrected chi connectivity index (χ0v) is 17.7. The predicted octanol–water partition coefficient (Wildman–Crippen LogP) is 2.70. The fraction of sp³-hybridized carbons (Fsp3) is 0.458. The number of benzene rings is 1. The highest BCUT2D eigenvalue weighted by Gasteiger charge is 2.40. The number of nitrogens with two attached hydrogens (primary N) is 1.